The Balaban J connectivity index is 0.000000216. The second-order valence-electron chi connectivity index (χ2n) is 11.4. The van der Waals surface area contributed by atoms with Crippen LogP contribution in [0.2, 0.25) is 13.1 Å². The van der Waals surface area contributed by atoms with Crippen molar-refractivity contribution in [3.8, 4) is 22.3 Å². The van der Waals surface area contributed by atoms with Crippen molar-refractivity contribution >= 4 is 31.1 Å². The molecule has 2 radical (unpaired) electrons. The van der Waals surface area contributed by atoms with Gasteiger partial charge in [-0.15, -0.1) is 69.1 Å². The van der Waals surface area contributed by atoms with Crippen LogP contribution in [0, 0.1) is 0 Å². The van der Waals surface area contributed by atoms with Crippen molar-refractivity contribution in [3.05, 3.63) is 131 Å². The monoisotopic (exact) mass is 760 g/mol. The molecule has 0 aromatic heterocycles. The molecule has 0 atom stereocenters. The van der Waals surface area contributed by atoms with Gasteiger partial charge in [0.2, 0.25) is 0 Å². The molecular weight excluding hydrogens is 711 g/mol. The summed E-state index contributed by atoms with van der Waals surface area (Å²) in [6, 6.07) is 40.3. The first-order valence-corrected chi connectivity index (χ1v) is 18.2. The fourth-order valence-electron chi connectivity index (χ4n) is 6.11. The summed E-state index contributed by atoms with van der Waals surface area (Å²) in [5, 5.41) is 5.54. The van der Waals surface area contributed by atoms with E-state index in [4.69, 9.17) is 0 Å². The van der Waals surface area contributed by atoms with Crippen molar-refractivity contribution in [2.24, 2.45) is 0 Å². The van der Waals surface area contributed by atoms with E-state index in [1.807, 2.05) is 0 Å². The molecule has 0 aliphatic carbocycles. The number of hydrogen-bond donors (Lipinski definition) is 0. The maximum absolute atomic E-state index is 2.38. The molecule has 6 rings (SSSR count). The molecule has 0 saturated carbocycles. The fraction of sp³-hybridized carbons (Fsp3) is 0.286. The molecule has 0 spiro atoms. The summed E-state index contributed by atoms with van der Waals surface area (Å²) < 4.78 is 0. The van der Waals surface area contributed by atoms with Gasteiger partial charge in [0.05, 0.1) is 0 Å². The molecule has 0 unspecified atom stereocenters. The standard InChI is InChI=1S/2C20H21.C2H6Si.Hf/c2*1-3-8-15-13-17-10-7-12-19(20(17)14-15)18-11-6-5-9-16(18)4-2;1-3-2;/h2*5-7,9-14H,3-4,8H2,1-2H3;1-2H3;/q2*-1;;. The summed E-state index contributed by atoms with van der Waals surface area (Å²) in [6.07, 6.45) is 6.91. The zero-order valence-corrected chi connectivity index (χ0v) is 32.2. The van der Waals surface area contributed by atoms with Crippen molar-refractivity contribution in [1.82, 2.24) is 0 Å². The summed E-state index contributed by atoms with van der Waals surface area (Å²) in [6.45, 7) is 13.2. The van der Waals surface area contributed by atoms with Crippen LogP contribution in [0.15, 0.2) is 109 Å². The van der Waals surface area contributed by atoms with Crippen molar-refractivity contribution in [1.29, 1.82) is 0 Å². The van der Waals surface area contributed by atoms with E-state index < -0.39 is 0 Å². The molecule has 226 valence electrons. The Morgan fingerprint density at radius 3 is 1.23 bits per heavy atom. The Kier molecular flexibility index (Phi) is 14.8. The quantitative estimate of drug-likeness (QED) is 0.107. The Labute approximate surface area is 288 Å². The van der Waals surface area contributed by atoms with E-state index in [2.05, 4.69) is 150 Å². The van der Waals surface area contributed by atoms with Crippen LogP contribution in [-0.2, 0) is 51.5 Å². The van der Waals surface area contributed by atoms with Crippen molar-refractivity contribution in [2.75, 3.05) is 0 Å². The van der Waals surface area contributed by atoms with Crippen LogP contribution in [0.4, 0.5) is 0 Å². The van der Waals surface area contributed by atoms with E-state index in [1.165, 1.54) is 91.7 Å². The normalized spacial score (nSPS) is 10.5. The fourth-order valence-corrected chi connectivity index (χ4v) is 6.11. The van der Waals surface area contributed by atoms with Gasteiger partial charge in [-0.25, -0.2) is 0 Å². The summed E-state index contributed by atoms with van der Waals surface area (Å²) in [5.41, 5.74) is 11.3. The summed E-state index contributed by atoms with van der Waals surface area (Å²) >= 11 is 0. The molecule has 0 nitrogen and oxygen atoms in total. The van der Waals surface area contributed by atoms with Crippen LogP contribution in [0.1, 0.15) is 62.8 Å². The maximum atomic E-state index is 2.38. The third kappa shape index (κ3) is 8.67. The predicted octanol–water partition coefficient (Wildman–Crippen LogP) is 12.3. The van der Waals surface area contributed by atoms with Gasteiger partial charge in [0.25, 0.3) is 0 Å². The van der Waals surface area contributed by atoms with E-state index in [0.29, 0.717) is 0 Å². The molecule has 0 heterocycles. The second kappa shape index (κ2) is 18.2. The summed E-state index contributed by atoms with van der Waals surface area (Å²) in [5.74, 6) is 0. The van der Waals surface area contributed by atoms with Crippen LogP contribution >= 0.6 is 0 Å². The second-order valence-corrected chi connectivity index (χ2v) is 12.4. The van der Waals surface area contributed by atoms with Gasteiger partial charge in [0.15, 0.2) is 0 Å². The third-order valence-corrected chi connectivity index (χ3v) is 8.08. The zero-order valence-electron chi connectivity index (χ0n) is 27.6. The number of fused-ring (bicyclic) bond motifs is 2. The Bertz CT molecular complexity index is 1590. The zero-order chi connectivity index (χ0) is 30.6. The molecule has 44 heavy (non-hydrogen) atoms. The largest absolute Gasteiger partial charge is 0.164 e. The number of aryl methyl sites for hydroxylation is 4. The van der Waals surface area contributed by atoms with E-state index in [1.54, 1.807) is 0 Å². The molecule has 6 aromatic rings. The molecule has 0 bridgehead atoms. The van der Waals surface area contributed by atoms with Crippen molar-refractivity contribution in [2.45, 2.75) is 79.3 Å². The molecule has 2 heteroatoms. The minimum atomic E-state index is 0. The van der Waals surface area contributed by atoms with Gasteiger partial charge in [0, 0.05) is 35.4 Å². The van der Waals surface area contributed by atoms with Crippen molar-refractivity contribution in [3.63, 3.8) is 0 Å². The maximum Gasteiger partial charge on any atom is 0.0307 e. The van der Waals surface area contributed by atoms with Gasteiger partial charge >= 0.3 is 0 Å². The van der Waals surface area contributed by atoms with E-state index >= 15 is 0 Å². The van der Waals surface area contributed by atoms with Crippen molar-refractivity contribution < 1.29 is 25.8 Å². The molecule has 6 aromatic carbocycles. The topological polar surface area (TPSA) is 0 Å². The van der Waals surface area contributed by atoms with Crippen LogP contribution in [0.3, 0.4) is 0 Å². The molecule has 0 N–H and O–H groups in total. The first-order chi connectivity index (χ1) is 21.1. The molecule has 0 amide bonds. The van der Waals surface area contributed by atoms with Crippen LogP contribution in [0.25, 0.3) is 43.8 Å². The number of hydrogen-bond acceptors (Lipinski definition) is 0. The minimum Gasteiger partial charge on any atom is -0.164 e. The summed E-state index contributed by atoms with van der Waals surface area (Å²) in [7, 11) is 1.08. The smallest absolute Gasteiger partial charge is 0.0307 e. The molecule has 0 fully saturated rings. The summed E-state index contributed by atoms with van der Waals surface area (Å²) in [4.78, 5) is 0. The first kappa shape index (κ1) is 35.7. The van der Waals surface area contributed by atoms with Gasteiger partial charge in [-0.05, 0) is 47.9 Å². The number of benzene rings is 4. The molecule has 0 aliphatic rings. The average Bonchev–Trinajstić information content (AvgIpc) is 3.65. The van der Waals surface area contributed by atoms with Crippen LogP contribution in [-0.4, -0.2) is 9.52 Å². The van der Waals surface area contributed by atoms with Gasteiger partial charge < -0.3 is 0 Å². The van der Waals surface area contributed by atoms with E-state index in [0.717, 1.165) is 22.4 Å². The van der Waals surface area contributed by atoms with E-state index in [9.17, 15) is 0 Å². The SMILES string of the molecule is CCCc1cc2c(-c3ccccc3CC)cccc2[cH-]1.CCCc1cc2c(-c3ccccc3CC)cccc2[cH-]1.C[Si]C.[Hf]. The Morgan fingerprint density at radius 1 is 0.500 bits per heavy atom. The molecule has 0 saturated heterocycles. The van der Waals surface area contributed by atoms with Gasteiger partial charge in [0.1, 0.15) is 0 Å². The number of rotatable bonds is 8. The Morgan fingerprint density at radius 2 is 0.864 bits per heavy atom. The molecule has 0 aliphatic heterocycles. The van der Waals surface area contributed by atoms with E-state index in [-0.39, 0.29) is 25.8 Å². The van der Waals surface area contributed by atoms with Crippen LogP contribution in [0.5, 0.6) is 0 Å². The third-order valence-electron chi connectivity index (χ3n) is 8.08. The van der Waals surface area contributed by atoms with Gasteiger partial charge in [-0.1, -0.05) is 125 Å². The minimum absolute atomic E-state index is 0. The molecular formula is C42H48HfSi-2. The average molecular weight is 759 g/mol. The van der Waals surface area contributed by atoms with Gasteiger partial charge in [-0.2, -0.15) is 12.1 Å². The van der Waals surface area contributed by atoms with Gasteiger partial charge in [-0.3, -0.25) is 0 Å². The predicted molar refractivity (Wildman–Crippen MR) is 194 cm³/mol. The van der Waals surface area contributed by atoms with Crippen LogP contribution < -0.4 is 0 Å². The first-order valence-electron chi connectivity index (χ1n) is 16.2. The Hall–Kier alpha value is -2.81.